The summed E-state index contributed by atoms with van der Waals surface area (Å²) in [5, 5.41) is 14.8. The maximum atomic E-state index is 6.04. The average Bonchev–Trinajstić information content (AvgIpc) is 2.90. The van der Waals surface area contributed by atoms with Crippen LogP contribution in [-0.4, -0.2) is 23.3 Å². The first-order valence-electron chi connectivity index (χ1n) is 7.00. The lowest BCUT2D eigenvalue weighted by Crippen LogP contribution is -2.16. The second kappa shape index (κ2) is 7.72. The first-order chi connectivity index (χ1) is 9.70. The molecule has 0 unspecified atom stereocenters. The lowest BCUT2D eigenvalue weighted by atomic mass is 10.1. The van der Waals surface area contributed by atoms with Crippen molar-refractivity contribution >= 4 is 22.9 Å². The molecule has 0 radical (unpaired) electrons. The molecule has 5 heteroatoms. The largest absolute Gasteiger partial charge is 0.317 e. The van der Waals surface area contributed by atoms with Gasteiger partial charge in [-0.15, -0.1) is 10.2 Å². The molecule has 0 saturated carbocycles. The number of aryl methyl sites for hydroxylation is 2. The fourth-order valence-corrected chi connectivity index (χ4v) is 2.91. The normalized spacial score (nSPS) is 10.9. The molecule has 0 spiro atoms. The molecule has 0 fully saturated rings. The zero-order chi connectivity index (χ0) is 14.4. The minimum atomic E-state index is 0.792. The van der Waals surface area contributed by atoms with Crippen molar-refractivity contribution in [2.45, 2.75) is 33.1 Å². The fraction of sp³-hybridized carbons (Fsp3) is 0.467. The van der Waals surface area contributed by atoms with E-state index in [1.165, 1.54) is 6.42 Å². The van der Waals surface area contributed by atoms with Crippen molar-refractivity contribution in [1.82, 2.24) is 15.5 Å². The number of rotatable bonds is 7. The van der Waals surface area contributed by atoms with Crippen molar-refractivity contribution in [2.24, 2.45) is 0 Å². The van der Waals surface area contributed by atoms with Gasteiger partial charge in [-0.25, -0.2) is 0 Å². The standard InChI is InChI=1S/C15H20ClN3S/c1-3-8-17-9-4-5-14-18-19-15(20-14)12-6-7-13(16)11(2)10-12/h6-7,10,17H,3-5,8-9H2,1-2H3. The van der Waals surface area contributed by atoms with Crippen LogP contribution in [0.15, 0.2) is 18.2 Å². The van der Waals surface area contributed by atoms with E-state index in [-0.39, 0.29) is 0 Å². The van der Waals surface area contributed by atoms with E-state index in [4.69, 9.17) is 11.6 Å². The molecule has 2 rings (SSSR count). The van der Waals surface area contributed by atoms with Gasteiger partial charge in [0.2, 0.25) is 0 Å². The predicted molar refractivity (Wildman–Crippen MR) is 86.6 cm³/mol. The van der Waals surface area contributed by atoms with Gasteiger partial charge < -0.3 is 5.32 Å². The number of aromatic nitrogens is 2. The number of benzene rings is 1. The van der Waals surface area contributed by atoms with Crippen LogP contribution in [0, 0.1) is 6.92 Å². The van der Waals surface area contributed by atoms with Crippen LogP contribution in [0.1, 0.15) is 30.3 Å². The highest BCUT2D eigenvalue weighted by atomic mass is 35.5. The Hall–Kier alpha value is -0.970. The van der Waals surface area contributed by atoms with E-state index < -0.39 is 0 Å². The summed E-state index contributed by atoms with van der Waals surface area (Å²) in [6.45, 7) is 6.32. The van der Waals surface area contributed by atoms with Crippen molar-refractivity contribution in [1.29, 1.82) is 0 Å². The lowest BCUT2D eigenvalue weighted by Gasteiger charge is -2.00. The Kier molecular flexibility index (Phi) is 5.95. The van der Waals surface area contributed by atoms with E-state index in [1.54, 1.807) is 11.3 Å². The Morgan fingerprint density at radius 3 is 2.85 bits per heavy atom. The Bertz CT molecular complexity index is 554. The highest BCUT2D eigenvalue weighted by Crippen LogP contribution is 2.27. The summed E-state index contributed by atoms with van der Waals surface area (Å²) in [4.78, 5) is 0. The summed E-state index contributed by atoms with van der Waals surface area (Å²) < 4.78 is 0. The molecular weight excluding hydrogens is 290 g/mol. The van der Waals surface area contributed by atoms with Gasteiger partial charge in [0, 0.05) is 17.0 Å². The zero-order valence-corrected chi connectivity index (χ0v) is 13.5. The van der Waals surface area contributed by atoms with Crippen molar-refractivity contribution in [3.63, 3.8) is 0 Å². The van der Waals surface area contributed by atoms with E-state index in [9.17, 15) is 0 Å². The van der Waals surface area contributed by atoms with Crippen molar-refractivity contribution < 1.29 is 0 Å². The van der Waals surface area contributed by atoms with Crippen LogP contribution in [0.2, 0.25) is 5.02 Å². The SMILES string of the molecule is CCCNCCCc1nnc(-c2ccc(Cl)c(C)c2)s1. The molecule has 0 bridgehead atoms. The summed E-state index contributed by atoms with van der Waals surface area (Å²) in [5.74, 6) is 0. The lowest BCUT2D eigenvalue weighted by molar-refractivity contribution is 0.637. The first kappa shape index (κ1) is 15.4. The molecule has 1 aromatic heterocycles. The molecule has 2 aromatic rings. The topological polar surface area (TPSA) is 37.8 Å². The molecule has 1 aromatic carbocycles. The average molecular weight is 310 g/mol. The molecule has 0 aliphatic carbocycles. The van der Waals surface area contributed by atoms with Gasteiger partial charge in [0.15, 0.2) is 0 Å². The van der Waals surface area contributed by atoms with Crippen molar-refractivity contribution in [3.05, 3.63) is 33.8 Å². The first-order valence-corrected chi connectivity index (χ1v) is 8.19. The van der Waals surface area contributed by atoms with E-state index >= 15 is 0 Å². The second-order valence-electron chi connectivity index (χ2n) is 4.82. The number of hydrogen-bond acceptors (Lipinski definition) is 4. The van der Waals surface area contributed by atoms with Crippen molar-refractivity contribution in [2.75, 3.05) is 13.1 Å². The molecule has 0 aliphatic rings. The summed E-state index contributed by atoms with van der Waals surface area (Å²) in [6, 6.07) is 5.99. The third-order valence-corrected chi connectivity index (χ3v) is 4.50. The Labute approximate surface area is 129 Å². The molecule has 0 saturated heterocycles. The van der Waals surface area contributed by atoms with Crippen LogP contribution in [0.3, 0.4) is 0 Å². The maximum Gasteiger partial charge on any atom is 0.147 e. The van der Waals surface area contributed by atoms with Gasteiger partial charge in [-0.2, -0.15) is 0 Å². The molecule has 1 N–H and O–H groups in total. The van der Waals surface area contributed by atoms with Crippen LogP contribution in [-0.2, 0) is 6.42 Å². The minimum absolute atomic E-state index is 0.792. The second-order valence-corrected chi connectivity index (χ2v) is 6.29. The molecule has 108 valence electrons. The molecule has 0 atom stereocenters. The summed E-state index contributed by atoms with van der Waals surface area (Å²) in [7, 11) is 0. The van der Waals surface area contributed by atoms with Crippen molar-refractivity contribution in [3.8, 4) is 10.6 Å². The van der Waals surface area contributed by atoms with Crippen LogP contribution >= 0.6 is 22.9 Å². The van der Waals surface area contributed by atoms with E-state index in [0.29, 0.717) is 0 Å². The number of halogens is 1. The minimum Gasteiger partial charge on any atom is -0.317 e. The van der Waals surface area contributed by atoms with Gasteiger partial charge in [0.1, 0.15) is 10.0 Å². The molecule has 1 heterocycles. The molecule has 20 heavy (non-hydrogen) atoms. The van der Waals surface area contributed by atoms with E-state index in [2.05, 4.69) is 28.5 Å². The number of hydrogen-bond donors (Lipinski definition) is 1. The summed E-state index contributed by atoms with van der Waals surface area (Å²) in [5.41, 5.74) is 2.17. The van der Waals surface area contributed by atoms with E-state index in [0.717, 1.165) is 52.1 Å². The van der Waals surface area contributed by atoms with Crippen LogP contribution in [0.4, 0.5) is 0 Å². The molecule has 0 aliphatic heterocycles. The number of nitrogens with one attached hydrogen (secondary N) is 1. The van der Waals surface area contributed by atoms with Crippen LogP contribution in [0.25, 0.3) is 10.6 Å². The summed E-state index contributed by atoms with van der Waals surface area (Å²) in [6.07, 6.45) is 3.27. The third-order valence-electron chi connectivity index (χ3n) is 3.04. The number of nitrogens with zero attached hydrogens (tertiary/aromatic N) is 2. The Balaban J connectivity index is 1.93. The van der Waals surface area contributed by atoms with Gasteiger partial charge in [-0.05, 0) is 50.6 Å². The highest BCUT2D eigenvalue weighted by molar-refractivity contribution is 7.14. The van der Waals surface area contributed by atoms with Gasteiger partial charge in [-0.1, -0.05) is 35.9 Å². The zero-order valence-electron chi connectivity index (χ0n) is 11.9. The maximum absolute atomic E-state index is 6.04. The third kappa shape index (κ3) is 4.27. The van der Waals surface area contributed by atoms with Gasteiger partial charge in [0.25, 0.3) is 0 Å². The predicted octanol–water partition coefficient (Wildman–Crippen LogP) is 4.10. The highest BCUT2D eigenvalue weighted by Gasteiger charge is 2.07. The Morgan fingerprint density at radius 1 is 1.25 bits per heavy atom. The van der Waals surface area contributed by atoms with Gasteiger partial charge in [0.05, 0.1) is 0 Å². The smallest absolute Gasteiger partial charge is 0.147 e. The quantitative estimate of drug-likeness (QED) is 0.783. The molecular formula is C15H20ClN3S. The monoisotopic (exact) mass is 309 g/mol. The van der Waals surface area contributed by atoms with Crippen LogP contribution in [0.5, 0.6) is 0 Å². The van der Waals surface area contributed by atoms with Gasteiger partial charge in [-0.3, -0.25) is 0 Å². The van der Waals surface area contributed by atoms with E-state index in [1.807, 2.05) is 19.1 Å². The fourth-order valence-electron chi connectivity index (χ4n) is 1.92. The van der Waals surface area contributed by atoms with Crippen LogP contribution < -0.4 is 5.32 Å². The Morgan fingerprint density at radius 2 is 2.10 bits per heavy atom. The van der Waals surface area contributed by atoms with Gasteiger partial charge >= 0.3 is 0 Å². The molecule has 0 amide bonds. The summed E-state index contributed by atoms with van der Waals surface area (Å²) >= 11 is 7.72. The molecule has 3 nitrogen and oxygen atoms in total.